The summed E-state index contributed by atoms with van der Waals surface area (Å²) in [5, 5.41) is 5.76. The lowest BCUT2D eigenvalue weighted by molar-refractivity contribution is 0.205. The van der Waals surface area contributed by atoms with Gasteiger partial charge < -0.3 is 5.32 Å². The fourth-order valence-electron chi connectivity index (χ4n) is 3.60. The third-order valence-electron chi connectivity index (χ3n) is 4.49. The molecule has 2 unspecified atom stereocenters. The molecular weight excluding hydrogens is 256 g/mol. The van der Waals surface area contributed by atoms with Crippen molar-refractivity contribution in [1.82, 2.24) is 19.6 Å². The van der Waals surface area contributed by atoms with Crippen LogP contribution in [-0.4, -0.2) is 39.5 Å². The van der Waals surface area contributed by atoms with Crippen molar-refractivity contribution in [3.05, 3.63) is 23.5 Å². The van der Waals surface area contributed by atoms with E-state index in [-0.39, 0.29) is 0 Å². The summed E-state index contributed by atoms with van der Waals surface area (Å²) in [7, 11) is 0. The number of imidazole rings is 1. The molecule has 2 aromatic heterocycles. The van der Waals surface area contributed by atoms with Gasteiger partial charge in [-0.2, -0.15) is 0 Å². The molecule has 2 aliphatic rings. The van der Waals surface area contributed by atoms with Crippen LogP contribution in [0.3, 0.4) is 0 Å². The molecule has 1 N–H and O–H groups in total. The molecule has 2 aromatic rings. The van der Waals surface area contributed by atoms with Gasteiger partial charge in [-0.05, 0) is 38.8 Å². The molecule has 2 aliphatic heterocycles. The zero-order chi connectivity index (χ0) is 12.7. The number of likely N-dealkylation sites (tertiary alicyclic amines) is 1. The lowest BCUT2D eigenvalue weighted by Gasteiger charge is -2.28. The van der Waals surface area contributed by atoms with Crippen LogP contribution in [-0.2, 0) is 6.54 Å². The molecule has 5 heteroatoms. The van der Waals surface area contributed by atoms with Crippen LogP contribution in [0.15, 0.2) is 17.8 Å². The lowest BCUT2D eigenvalue weighted by Crippen LogP contribution is -2.43. The van der Waals surface area contributed by atoms with Crippen LogP contribution in [0, 0.1) is 0 Å². The number of hydrogen-bond acceptors (Lipinski definition) is 4. The highest BCUT2D eigenvalue weighted by Gasteiger charge is 2.33. The van der Waals surface area contributed by atoms with E-state index >= 15 is 0 Å². The Morgan fingerprint density at radius 3 is 3.21 bits per heavy atom. The quantitative estimate of drug-likeness (QED) is 0.932. The topological polar surface area (TPSA) is 32.6 Å². The van der Waals surface area contributed by atoms with Crippen molar-refractivity contribution in [3.8, 4) is 0 Å². The van der Waals surface area contributed by atoms with Crippen LogP contribution in [0.1, 0.15) is 31.4 Å². The molecule has 0 aliphatic carbocycles. The number of fused-ring (bicyclic) bond motifs is 1. The van der Waals surface area contributed by atoms with Crippen molar-refractivity contribution >= 4 is 16.3 Å². The maximum Gasteiger partial charge on any atom is 0.193 e. The number of hydrogen-bond donors (Lipinski definition) is 1. The predicted octanol–water partition coefficient (Wildman–Crippen LogP) is 2.11. The van der Waals surface area contributed by atoms with Crippen LogP contribution in [0.5, 0.6) is 0 Å². The van der Waals surface area contributed by atoms with Gasteiger partial charge in [-0.3, -0.25) is 9.30 Å². The van der Waals surface area contributed by atoms with Gasteiger partial charge in [-0.25, -0.2) is 4.98 Å². The summed E-state index contributed by atoms with van der Waals surface area (Å²) < 4.78 is 2.14. The minimum atomic E-state index is 0.714. The second-order valence-electron chi connectivity index (χ2n) is 5.71. The highest BCUT2D eigenvalue weighted by Crippen LogP contribution is 2.26. The van der Waals surface area contributed by atoms with E-state index in [1.54, 1.807) is 11.3 Å². The van der Waals surface area contributed by atoms with E-state index in [0.29, 0.717) is 6.04 Å². The molecule has 0 radical (unpaired) electrons. The molecule has 0 bridgehead atoms. The smallest absolute Gasteiger partial charge is 0.193 e. The van der Waals surface area contributed by atoms with Crippen molar-refractivity contribution in [2.45, 2.75) is 44.3 Å². The number of nitrogens with one attached hydrogen (secondary N) is 1. The molecule has 0 saturated carbocycles. The molecule has 102 valence electrons. The van der Waals surface area contributed by atoms with Crippen LogP contribution in [0.2, 0.25) is 0 Å². The third-order valence-corrected chi connectivity index (χ3v) is 5.26. The Kier molecular flexibility index (Phi) is 3.06. The van der Waals surface area contributed by atoms with Crippen molar-refractivity contribution in [2.75, 3.05) is 13.1 Å². The maximum atomic E-state index is 4.72. The van der Waals surface area contributed by atoms with Gasteiger partial charge in [0.05, 0.1) is 5.69 Å². The molecule has 4 heterocycles. The van der Waals surface area contributed by atoms with E-state index in [9.17, 15) is 0 Å². The summed E-state index contributed by atoms with van der Waals surface area (Å²) in [6, 6.07) is 1.44. The molecule has 19 heavy (non-hydrogen) atoms. The van der Waals surface area contributed by atoms with Gasteiger partial charge in [0.25, 0.3) is 0 Å². The van der Waals surface area contributed by atoms with Gasteiger partial charge >= 0.3 is 0 Å². The molecule has 2 fully saturated rings. The zero-order valence-corrected chi connectivity index (χ0v) is 11.9. The first-order valence-corrected chi connectivity index (χ1v) is 8.16. The van der Waals surface area contributed by atoms with Crippen molar-refractivity contribution in [2.24, 2.45) is 0 Å². The average Bonchev–Trinajstić information content (AvgIpc) is 3.12. The number of rotatable bonds is 3. The Morgan fingerprint density at radius 2 is 2.37 bits per heavy atom. The van der Waals surface area contributed by atoms with E-state index in [1.807, 2.05) is 0 Å². The van der Waals surface area contributed by atoms with E-state index in [4.69, 9.17) is 4.98 Å². The summed E-state index contributed by atoms with van der Waals surface area (Å²) in [5.74, 6) is 0. The Hall–Kier alpha value is -0.910. The second kappa shape index (κ2) is 4.89. The van der Waals surface area contributed by atoms with Gasteiger partial charge in [0.15, 0.2) is 4.96 Å². The average molecular weight is 276 g/mol. The minimum Gasteiger partial charge on any atom is -0.312 e. The number of thiazole rings is 1. The highest BCUT2D eigenvalue weighted by atomic mass is 32.1. The fourth-order valence-corrected chi connectivity index (χ4v) is 4.32. The van der Waals surface area contributed by atoms with Gasteiger partial charge in [0.1, 0.15) is 0 Å². The standard InChI is InChI=1S/C14H20N4S/c1-3-12(15-5-1)13-4-2-6-17(13)9-11-10-18-7-8-19-14(18)16-11/h7-8,10,12-13,15H,1-6,9H2. The first-order chi connectivity index (χ1) is 9.40. The first kappa shape index (κ1) is 11.9. The molecule has 4 nitrogen and oxygen atoms in total. The van der Waals surface area contributed by atoms with E-state index < -0.39 is 0 Å². The molecule has 2 atom stereocenters. The van der Waals surface area contributed by atoms with Crippen LogP contribution in [0.4, 0.5) is 0 Å². The largest absolute Gasteiger partial charge is 0.312 e. The van der Waals surface area contributed by atoms with E-state index in [2.05, 4.69) is 32.4 Å². The molecular formula is C14H20N4S. The van der Waals surface area contributed by atoms with Gasteiger partial charge in [-0.15, -0.1) is 11.3 Å². The summed E-state index contributed by atoms with van der Waals surface area (Å²) in [6.07, 6.45) is 9.65. The lowest BCUT2D eigenvalue weighted by atomic mass is 10.0. The molecule has 0 aromatic carbocycles. The van der Waals surface area contributed by atoms with Crippen molar-refractivity contribution in [3.63, 3.8) is 0 Å². The third kappa shape index (κ3) is 2.20. The Balaban J connectivity index is 1.50. The second-order valence-corrected chi connectivity index (χ2v) is 6.58. The normalized spacial score (nSPS) is 28.6. The number of nitrogens with zero attached hydrogens (tertiary/aromatic N) is 3. The Bertz CT molecular complexity index is 526. The molecule has 0 amide bonds. The highest BCUT2D eigenvalue weighted by molar-refractivity contribution is 7.15. The zero-order valence-electron chi connectivity index (χ0n) is 11.1. The first-order valence-electron chi connectivity index (χ1n) is 7.29. The minimum absolute atomic E-state index is 0.714. The fraction of sp³-hybridized carbons (Fsp3) is 0.643. The molecule has 4 rings (SSSR count). The maximum absolute atomic E-state index is 4.72. The Morgan fingerprint density at radius 1 is 1.37 bits per heavy atom. The Labute approximate surface area is 117 Å². The van der Waals surface area contributed by atoms with E-state index in [0.717, 1.165) is 17.5 Å². The van der Waals surface area contributed by atoms with Crippen molar-refractivity contribution in [1.29, 1.82) is 0 Å². The summed E-state index contributed by atoms with van der Waals surface area (Å²) >= 11 is 1.71. The van der Waals surface area contributed by atoms with Crippen LogP contribution < -0.4 is 5.32 Å². The molecule has 2 saturated heterocycles. The van der Waals surface area contributed by atoms with Gasteiger partial charge in [-0.1, -0.05) is 0 Å². The summed E-state index contributed by atoms with van der Waals surface area (Å²) in [4.78, 5) is 8.47. The van der Waals surface area contributed by atoms with Gasteiger partial charge in [0, 0.05) is 36.4 Å². The summed E-state index contributed by atoms with van der Waals surface area (Å²) in [6.45, 7) is 3.44. The SMILES string of the molecule is c1cn2cc(CN3CCCC3C3CCCN3)nc2s1. The summed E-state index contributed by atoms with van der Waals surface area (Å²) in [5.41, 5.74) is 1.22. The van der Waals surface area contributed by atoms with Crippen LogP contribution in [0.25, 0.3) is 4.96 Å². The van der Waals surface area contributed by atoms with Crippen LogP contribution >= 0.6 is 11.3 Å². The van der Waals surface area contributed by atoms with Gasteiger partial charge in [0.2, 0.25) is 0 Å². The number of aromatic nitrogens is 2. The van der Waals surface area contributed by atoms with Crippen molar-refractivity contribution < 1.29 is 0 Å². The molecule has 0 spiro atoms. The van der Waals surface area contributed by atoms with E-state index in [1.165, 1.54) is 44.5 Å². The monoisotopic (exact) mass is 276 g/mol. The predicted molar refractivity (Wildman–Crippen MR) is 77.5 cm³/mol.